The molecule has 0 spiro atoms. The molecule has 0 bridgehead atoms. The van der Waals surface area contributed by atoms with Crippen molar-refractivity contribution in [3.63, 3.8) is 0 Å². The molecule has 1 aliphatic rings. The minimum Gasteiger partial charge on any atom is -0.376 e. The van der Waals surface area contributed by atoms with Gasteiger partial charge in [0.15, 0.2) is 0 Å². The topological polar surface area (TPSA) is 76.1 Å². The Morgan fingerprint density at radius 2 is 2.12 bits per heavy atom. The normalized spacial score (nSPS) is 16.8. The number of hydrogen-bond acceptors (Lipinski definition) is 5. The van der Waals surface area contributed by atoms with Crippen LogP contribution in [0, 0.1) is 6.92 Å². The van der Waals surface area contributed by atoms with Crippen LogP contribution in [0.2, 0.25) is 0 Å². The van der Waals surface area contributed by atoms with E-state index in [1.807, 2.05) is 24.3 Å². The molecule has 1 aliphatic heterocycles. The molecule has 0 radical (unpaired) electrons. The first kappa shape index (κ1) is 16.9. The molecule has 1 fully saturated rings. The number of anilines is 2. The van der Waals surface area contributed by atoms with Gasteiger partial charge in [-0.25, -0.2) is 9.97 Å². The SMILES string of the molecule is Cc1nc(NCC2CCCO2)cc(C(=O)Nc2ccc(Br)cc2)n1. The summed E-state index contributed by atoms with van der Waals surface area (Å²) in [5.41, 5.74) is 1.05. The summed E-state index contributed by atoms with van der Waals surface area (Å²) in [4.78, 5) is 21.0. The Bertz CT molecular complexity index is 715. The van der Waals surface area contributed by atoms with E-state index in [0.29, 0.717) is 29.6 Å². The predicted octanol–water partition coefficient (Wildman–Crippen LogP) is 3.39. The lowest BCUT2D eigenvalue weighted by atomic mass is 10.2. The summed E-state index contributed by atoms with van der Waals surface area (Å²) in [6, 6.07) is 9.06. The van der Waals surface area contributed by atoms with E-state index in [9.17, 15) is 4.79 Å². The van der Waals surface area contributed by atoms with Gasteiger partial charge in [-0.15, -0.1) is 0 Å². The fourth-order valence-electron chi connectivity index (χ4n) is 2.53. The summed E-state index contributed by atoms with van der Waals surface area (Å²) < 4.78 is 6.54. The van der Waals surface area contributed by atoms with Crippen molar-refractivity contribution in [1.82, 2.24) is 9.97 Å². The van der Waals surface area contributed by atoms with Crippen molar-refractivity contribution < 1.29 is 9.53 Å². The molecule has 1 unspecified atom stereocenters. The van der Waals surface area contributed by atoms with E-state index in [1.54, 1.807) is 13.0 Å². The lowest BCUT2D eigenvalue weighted by molar-refractivity contribution is 0.102. The van der Waals surface area contributed by atoms with Gasteiger partial charge in [-0.2, -0.15) is 0 Å². The number of carbonyl (C=O) groups is 1. The highest BCUT2D eigenvalue weighted by atomic mass is 79.9. The molecular weight excluding hydrogens is 372 g/mol. The third-order valence-electron chi connectivity index (χ3n) is 3.71. The zero-order chi connectivity index (χ0) is 16.9. The average Bonchev–Trinajstić information content (AvgIpc) is 3.08. The Morgan fingerprint density at radius 3 is 2.83 bits per heavy atom. The van der Waals surface area contributed by atoms with Crippen LogP contribution >= 0.6 is 15.9 Å². The maximum absolute atomic E-state index is 12.4. The largest absolute Gasteiger partial charge is 0.376 e. The molecule has 2 aromatic rings. The molecule has 1 amide bonds. The van der Waals surface area contributed by atoms with Crippen LogP contribution in [0.15, 0.2) is 34.8 Å². The first-order chi connectivity index (χ1) is 11.6. The lowest BCUT2D eigenvalue weighted by Gasteiger charge is -2.12. The molecule has 126 valence electrons. The summed E-state index contributed by atoms with van der Waals surface area (Å²) in [6.07, 6.45) is 2.35. The van der Waals surface area contributed by atoms with Gasteiger partial charge in [0.25, 0.3) is 5.91 Å². The molecule has 6 nitrogen and oxygen atoms in total. The van der Waals surface area contributed by atoms with Gasteiger partial charge in [0.1, 0.15) is 17.3 Å². The molecule has 7 heteroatoms. The first-order valence-electron chi connectivity index (χ1n) is 7.88. The molecule has 0 saturated carbocycles. The van der Waals surface area contributed by atoms with Gasteiger partial charge < -0.3 is 15.4 Å². The van der Waals surface area contributed by atoms with Crippen LogP contribution in [0.1, 0.15) is 29.2 Å². The van der Waals surface area contributed by atoms with E-state index in [1.165, 1.54) is 0 Å². The van der Waals surface area contributed by atoms with E-state index < -0.39 is 0 Å². The van der Waals surface area contributed by atoms with Crippen molar-refractivity contribution in [1.29, 1.82) is 0 Å². The van der Waals surface area contributed by atoms with Crippen molar-refractivity contribution in [2.24, 2.45) is 0 Å². The monoisotopic (exact) mass is 390 g/mol. The number of aryl methyl sites for hydroxylation is 1. The summed E-state index contributed by atoms with van der Waals surface area (Å²) in [7, 11) is 0. The molecule has 2 heterocycles. The minimum atomic E-state index is -0.261. The maximum Gasteiger partial charge on any atom is 0.274 e. The third kappa shape index (κ3) is 4.52. The van der Waals surface area contributed by atoms with Gasteiger partial charge >= 0.3 is 0 Å². The van der Waals surface area contributed by atoms with Crippen LogP contribution in [0.5, 0.6) is 0 Å². The quantitative estimate of drug-likeness (QED) is 0.817. The molecule has 1 aromatic heterocycles. The number of halogens is 1. The first-order valence-corrected chi connectivity index (χ1v) is 8.67. The van der Waals surface area contributed by atoms with Crippen LogP contribution in [0.3, 0.4) is 0 Å². The summed E-state index contributed by atoms with van der Waals surface area (Å²) in [6.45, 7) is 3.27. The Hall–Kier alpha value is -1.99. The molecule has 3 rings (SSSR count). The number of hydrogen-bond donors (Lipinski definition) is 2. The van der Waals surface area contributed by atoms with Crippen LogP contribution in [-0.2, 0) is 4.74 Å². The number of ether oxygens (including phenoxy) is 1. The number of rotatable bonds is 5. The molecule has 1 aromatic carbocycles. The van der Waals surface area contributed by atoms with Crippen LogP contribution in [-0.4, -0.2) is 35.1 Å². The zero-order valence-corrected chi connectivity index (χ0v) is 15.0. The number of benzene rings is 1. The maximum atomic E-state index is 12.4. The van der Waals surface area contributed by atoms with Crippen molar-refractivity contribution in [3.05, 3.63) is 46.3 Å². The molecule has 0 aliphatic carbocycles. The smallest absolute Gasteiger partial charge is 0.274 e. The number of aromatic nitrogens is 2. The molecule has 1 saturated heterocycles. The van der Waals surface area contributed by atoms with E-state index in [0.717, 1.165) is 23.9 Å². The van der Waals surface area contributed by atoms with E-state index in [-0.39, 0.29) is 12.0 Å². The van der Waals surface area contributed by atoms with Gasteiger partial charge in [-0.3, -0.25) is 4.79 Å². The Morgan fingerprint density at radius 1 is 1.33 bits per heavy atom. The highest BCUT2D eigenvalue weighted by molar-refractivity contribution is 9.10. The fraction of sp³-hybridized carbons (Fsp3) is 0.353. The standard InChI is InChI=1S/C17H19BrN4O2/c1-11-20-15(17(23)22-13-6-4-12(18)5-7-13)9-16(21-11)19-10-14-3-2-8-24-14/h4-7,9,14H,2-3,8,10H2,1H3,(H,22,23)(H,19,20,21). The lowest BCUT2D eigenvalue weighted by Crippen LogP contribution is -2.20. The predicted molar refractivity (Wildman–Crippen MR) is 96.3 cm³/mol. The van der Waals surface area contributed by atoms with Gasteiger partial charge in [0.05, 0.1) is 6.10 Å². The van der Waals surface area contributed by atoms with Crippen molar-refractivity contribution in [2.75, 3.05) is 23.8 Å². The Kier molecular flexibility index (Phi) is 5.42. The summed E-state index contributed by atoms with van der Waals surface area (Å²) >= 11 is 3.37. The second-order valence-electron chi connectivity index (χ2n) is 5.66. The van der Waals surface area contributed by atoms with Crippen molar-refractivity contribution >= 4 is 33.3 Å². The highest BCUT2D eigenvalue weighted by Gasteiger charge is 2.16. The van der Waals surface area contributed by atoms with Crippen molar-refractivity contribution in [3.8, 4) is 0 Å². The van der Waals surface area contributed by atoms with E-state index in [4.69, 9.17) is 4.74 Å². The van der Waals surface area contributed by atoms with Crippen LogP contribution < -0.4 is 10.6 Å². The van der Waals surface area contributed by atoms with Crippen LogP contribution in [0.4, 0.5) is 11.5 Å². The molecule has 2 N–H and O–H groups in total. The molecular formula is C17H19BrN4O2. The Balaban J connectivity index is 1.67. The fourth-order valence-corrected chi connectivity index (χ4v) is 2.79. The highest BCUT2D eigenvalue weighted by Crippen LogP contribution is 2.16. The number of amides is 1. The number of carbonyl (C=O) groups excluding carboxylic acids is 1. The van der Waals surface area contributed by atoms with Gasteiger partial charge in [0.2, 0.25) is 0 Å². The van der Waals surface area contributed by atoms with Crippen LogP contribution in [0.25, 0.3) is 0 Å². The second kappa shape index (κ2) is 7.72. The summed E-state index contributed by atoms with van der Waals surface area (Å²) in [5.74, 6) is 0.926. The minimum absolute atomic E-state index is 0.209. The van der Waals surface area contributed by atoms with Gasteiger partial charge in [-0.05, 0) is 44.0 Å². The molecule has 24 heavy (non-hydrogen) atoms. The number of nitrogens with one attached hydrogen (secondary N) is 2. The third-order valence-corrected chi connectivity index (χ3v) is 4.24. The Labute approximate surface area is 149 Å². The number of nitrogens with zero attached hydrogens (tertiary/aromatic N) is 2. The van der Waals surface area contributed by atoms with Crippen molar-refractivity contribution in [2.45, 2.75) is 25.9 Å². The van der Waals surface area contributed by atoms with E-state index >= 15 is 0 Å². The zero-order valence-electron chi connectivity index (χ0n) is 13.4. The molecule has 1 atom stereocenters. The van der Waals surface area contributed by atoms with Gasteiger partial charge in [0, 0.05) is 29.4 Å². The average molecular weight is 391 g/mol. The van der Waals surface area contributed by atoms with Gasteiger partial charge in [-0.1, -0.05) is 15.9 Å². The summed E-state index contributed by atoms with van der Waals surface area (Å²) in [5, 5.41) is 6.07. The second-order valence-corrected chi connectivity index (χ2v) is 6.58. The van der Waals surface area contributed by atoms with E-state index in [2.05, 4.69) is 36.5 Å².